The molecule has 1 N–H and O–H groups in total. The molecule has 1 atom stereocenters. The molecule has 4 nitrogen and oxygen atoms in total. The topological polar surface area (TPSA) is 63.6 Å². The normalized spacial score (nSPS) is 12.7. The predicted molar refractivity (Wildman–Crippen MR) is 153 cm³/mol. The molecule has 0 bridgehead atoms. The first-order chi connectivity index (χ1) is 17.6. The molecule has 0 saturated heterocycles. The van der Waals surface area contributed by atoms with Crippen molar-refractivity contribution in [1.29, 1.82) is 0 Å². The number of carboxylic acid groups (broad SMARTS) is 1. The third-order valence-electron chi connectivity index (χ3n) is 6.36. The van der Waals surface area contributed by atoms with Crippen LogP contribution in [0.1, 0.15) is 149 Å². The van der Waals surface area contributed by atoms with Gasteiger partial charge in [-0.05, 0) is 51.4 Å². The molecule has 36 heavy (non-hydrogen) atoms. The van der Waals surface area contributed by atoms with Gasteiger partial charge in [0.25, 0.3) is 0 Å². The summed E-state index contributed by atoms with van der Waals surface area (Å²) in [6, 6.07) is 0. The number of carbonyl (C=O) groups excluding carboxylic acids is 1. The number of hydrogen-bond acceptors (Lipinski definition) is 3. The highest BCUT2D eigenvalue weighted by Gasteiger charge is 2.17. The zero-order chi connectivity index (χ0) is 26.5. The molecule has 0 fully saturated rings. The van der Waals surface area contributed by atoms with E-state index in [0.717, 1.165) is 57.8 Å². The minimum atomic E-state index is -0.891. The Bertz CT molecular complexity index is 591. The van der Waals surface area contributed by atoms with Crippen molar-refractivity contribution in [2.24, 2.45) is 0 Å². The number of rotatable bonds is 26. The molecule has 0 heterocycles. The molecule has 0 aliphatic heterocycles. The van der Waals surface area contributed by atoms with E-state index in [1.165, 1.54) is 57.8 Å². The Balaban J connectivity index is 3.76. The van der Waals surface area contributed by atoms with Crippen LogP contribution in [-0.4, -0.2) is 23.1 Å². The maximum atomic E-state index is 12.2. The number of unbranched alkanes of at least 4 members (excludes halogenated alkanes) is 13. The first kappa shape index (κ1) is 34.2. The van der Waals surface area contributed by atoms with Crippen LogP contribution < -0.4 is 0 Å². The average Bonchev–Trinajstić information content (AvgIpc) is 2.85. The summed E-state index contributed by atoms with van der Waals surface area (Å²) < 4.78 is 5.51. The van der Waals surface area contributed by atoms with Crippen molar-refractivity contribution < 1.29 is 19.4 Å². The lowest BCUT2D eigenvalue weighted by Gasteiger charge is -2.16. The van der Waals surface area contributed by atoms with Gasteiger partial charge >= 0.3 is 11.9 Å². The zero-order valence-corrected chi connectivity index (χ0v) is 23.6. The summed E-state index contributed by atoms with van der Waals surface area (Å²) in [5.74, 6) is -1.13. The Hall–Kier alpha value is -1.84. The van der Waals surface area contributed by atoms with E-state index in [0.29, 0.717) is 12.8 Å². The monoisotopic (exact) mass is 504 g/mol. The maximum Gasteiger partial charge on any atom is 0.307 e. The fourth-order valence-electron chi connectivity index (χ4n) is 4.21. The molecule has 0 aromatic heterocycles. The molecule has 0 aromatic carbocycles. The van der Waals surface area contributed by atoms with Crippen LogP contribution in [0.2, 0.25) is 0 Å². The van der Waals surface area contributed by atoms with E-state index in [1.54, 1.807) is 0 Å². The lowest BCUT2D eigenvalue weighted by molar-refractivity contribution is -0.153. The van der Waals surface area contributed by atoms with Crippen LogP contribution in [-0.2, 0) is 14.3 Å². The highest BCUT2D eigenvalue weighted by molar-refractivity contribution is 5.71. The van der Waals surface area contributed by atoms with Crippen LogP contribution in [0.5, 0.6) is 0 Å². The van der Waals surface area contributed by atoms with Gasteiger partial charge in [-0.1, -0.05) is 121 Å². The molecular formula is C32H56O4. The van der Waals surface area contributed by atoms with Crippen LogP contribution in [0, 0.1) is 0 Å². The number of carbonyl (C=O) groups is 2. The van der Waals surface area contributed by atoms with Crippen LogP contribution in [0.15, 0.2) is 36.5 Å². The molecule has 0 radical (unpaired) electrons. The fraction of sp³-hybridized carbons (Fsp3) is 0.750. The summed E-state index contributed by atoms with van der Waals surface area (Å²) in [7, 11) is 0. The lowest BCUT2D eigenvalue weighted by Crippen LogP contribution is -2.21. The van der Waals surface area contributed by atoms with Gasteiger partial charge in [-0.15, -0.1) is 0 Å². The smallest absolute Gasteiger partial charge is 0.307 e. The van der Waals surface area contributed by atoms with Gasteiger partial charge in [-0.3, -0.25) is 9.59 Å². The number of allylic oxidation sites excluding steroid dienone is 6. The van der Waals surface area contributed by atoms with Crippen molar-refractivity contribution in [3.63, 3.8) is 0 Å². The first-order valence-electron chi connectivity index (χ1n) is 15.0. The minimum absolute atomic E-state index is 0.0814. The zero-order valence-electron chi connectivity index (χ0n) is 23.6. The number of ether oxygens (including phenoxy) is 1. The van der Waals surface area contributed by atoms with E-state index in [4.69, 9.17) is 9.84 Å². The van der Waals surface area contributed by atoms with Gasteiger partial charge in [0.15, 0.2) is 0 Å². The van der Waals surface area contributed by atoms with Gasteiger partial charge in [0.1, 0.15) is 6.10 Å². The average molecular weight is 505 g/mol. The summed E-state index contributed by atoms with van der Waals surface area (Å²) in [4.78, 5) is 23.4. The molecule has 1 unspecified atom stereocenters. The second kappa shape index (κ2) is 27.7. The maximum absolute atomic E-state index is 12.2. The quantitative estimate of drug-likeness (QED) is 0.0723. The van der Waals surface area contributed by atoms with Gasteiger partial charge < -0.3 is 9.84 Å². The molecule has 0 aliphatic carbocycles. The highest BCUT2D eigenvalue weighted by Crippen LogP contribution is 2.16. The van der Waals surface area contributed by atoms with Crippen molar-refractivity contribution in [1.82, 2.24) is 0 Å². The number of hydrogen-bond donors (Lipinski definition) is 1. The van der Waals surface area contributed by atoms with Gasteiger partial charge in [-0.25, -0.2) is 0 Å². The Morgan fingerprint density at radius 1 is 0.667 bits per heavy atom. The van der Waals surface area contributed by atoms with E-state index in [2.05, 4.69) is 50.3 Å². The van der Waals surface area contributed by atoms with Crippen molar-refractivity contribution in [3.8, 4) is 0 Å². The second-order valence-corrected chi connectivity index (χ2v) is 9.93. The molecular weight excluding hydrogens is 448 g/mol. The van der Waals surface area contributed by atoms with Crippen LogP contribution in [0.4, 0.5) is 0 Å². The summed E-state index contributed by atoms with van der Waals surface area (Å²) in [5.41, 5.74) is 0. The van der Waals surface area contributed by atoms with Crippen LogP contribution >= 0.6 is 0 Å². The van der Waals surface area contributed by atoms with Crippen molar-refractivity contribution >= 4 is 11.9 Å². The standard InChI is InChI=1S/C32H56O4/c1-3-5-7-9-11-13-14-15-16-17-18-20-22-24-26-28-32(35)36-30(29-31(33)34)27-25-23-21-19-12-10-8-6-4-2/h5,7,11,13,15-16,30H,3-4,6,8-10,12,14,17-29H2,1-2H3,(H,33,34)/b7-5-,13-11-,16-15-. The molecule has 0 rings (SSSR count). The number of carboxylic acids is 1. The number of esters is 1. The van der Waals surface area contributed by atoms with E-state index in [-0.39, 0.29) is 12.4 Å². The van der Waals surface area contributed by atoms with E-state index >= 15 is 0 Å². The number of aliphatic carboxylic acids is 1. The largest absolute Gasteiger partial charge is 0.481 e. The summed E-state index contributed by atoms with van der Waals surface area (Å²) in [6.45, 7) is 4.38. The molecule has 4 heteroatoms. The van der Waals surface area contributed by atoms with Crippen LogP contribution in [0.3, 0.4) is 0 Å². The predicted octanol–water partition coefficient (Wildman–Crippen LogP) is 9.88. The Morgan fingerprint density at radius 3 is 1.81 bits per heavy atom. The molecule has 0 amide bonds. The van der Waals surface area contributed by atoms with Gasteiger partial charge in [0.05, 0.1) is 6.42 Å². The van der Waals surface area contributed by atoms with E-state index in [9.17, 15) is 9.59 Å². The minimum Gasteiger partial charge on any atom is -0.481 e. The Morgan fingerprint density at radius 2 is 1.19 bits per heavy atom. The van der Waals surface area contributed by atoms with Crippen LogP contribution in [0.25, 0.3) is 0 Å². The summed E-state index contributed by atoms with van der Waals surface area (Å²) in [6.07, 6.45) is 34.4. The van der Waals surface area contributed by atoms with E-state index < -0.39 is 12.1 Å². The van der Waals surface area contributed by atoms with Crippen molar-refractivity contribution in [2.75, 3.05) is 0 Å². The van der Waals surface area contributed by atoms with Gasteiger partial charge in [0, 0.05) is 6.42 Å². The summed E-state index contributed by atoms with van der Waals surface area (Å²) in [5, 5.41) is 9.16. The molecule has 0 spiro atoms. The highest BCUT2D eigenvalue weighted by atomic mass is 16.5. The molecule has 0 aromatic rings. The second-order valence-electron chi connectivity index (χ2n) is 9.93. The lowest BCUT2D eigenvalue weighted by atomic mass is 10.0. The van der Waals surface area contributed by atoms with Crippen molar-refractivity contribution in [2.45, 2.75) is 155 Å². The Labute approximate surface area is 222 Å². The molecule has 0 saturated carbocycles. The third kappa shape index (κ3) is 26.8. The van der Waals surface area contributed by atoms with E-state index in [1.807, 2.05) is 0 Å². The molecule has 0 aliphatic rings. The molecule has 208 valence electrons. The Kier molecular flexibility index (Phi) is 26.3. The summed E-state index contributed by atoms with van der Waals surface area (Å²) >= 11 is 0. The SMILES string of the molecule is CC/C=C\C/C=C\C/C=C\CCCCCCCC(=O)OC(CCCCCCCCCCC)CC(=O)O. The van der Waals surface area contributed by atoms with Gasteiger partial charge in [0.2, 0.25) is 0 Å². The third-order valence-corrected chi connectivity index (χ3v) is 6.36. The fourth-order valence-corrected chi connectivity index (χ4v) is 4.21. The van der Waals surface area contributed by atoms with Gasteiger partial charge in [-0.2, -0.15) is 0 Å². The first-order valence-corrected chi connectivity index (χ1v) is 15.0. The van der Waals surface area contributed by atoms with Crippen molar-refractivity contribution in [3.05, 3.63) is 36.5 Å².